The van der Waals surface area contributed by atoms with Crippen molar-refractivity contribution in [3.05, 3.63) is 0 Å². The molecule has 2 fully saturated rings. The third kappa shape index (κ3) is 4.34. The zero-order valence-corrected chi connectivity index (χ0v) is 12.3. The van der Waals surface area contributed by atoms with Crippen LogP contribution in [0.1, 0.15) is 32.1 Å². The van der Waals surface area contributed by atoms with E-state index in [1.807, 2.05) is 0 Å². The van der Waals surface area contributed by atoms with Gasteiger partial charge in [-0.25, -0.2) is 0 Å². The topological polar surface area (TPSA) is 32.3 Å². The summed E-state index contributed by atoms with van der Waals surface area (Å²) in [6, 6.07) is 0. The third-order valence-corrected chi connectivity index (χ3v) is 6.85. The molecule has 0 aromatic heterocycles. The van der Waals surface area contributed by atoms with Crippen LogP contribution in [-0.4, -0.2) is 47.3 Å². The van der Waals surface area contributed by atoms with Crippen molar-refractivity contribution in [3.8, 4) is 0 Å². The second-order valence-corrected chi connectivity index (χ2v) is 7.98. The van der Waals surface area contributed by atoms with Crippen LogP contribution in [0.15, 0.2) is 0 Å². The van der Waals surface area contributed by atoms with Gasteiger partial charge in [0.05, 0.1) is 0 Å². The predicted molar refractivity (Wildman–Crippen MR) is 79.0 cm³/mol. The molecule has 4 heteroatoms. The lowest BCUT2D eigenvalue weighted by atomic mass is 9.74. The van der Waals surface area contributed by atoms with Crippen LogP contribution in [0.4, 0.5) is 0 Å². The smallest absolute Gasteiger partial charge is 0.0499 e. The summed E-state index contributed by atoms with van der Waals surface area (Å²) in [4.78, 5) is 0. The molecule has 100 valence electrons. The number of rotatable bonds is 5. The Labute approximate surface area is 114 Å². The van der Waals surface area contributed by atoms with E-state index < -0.39 is 0 Å². The summed E-state index contributed by atoms with van der Waals surface area (Å²) in [6.45, 7) is 2.51. The van der Waals surface area contributed by atoms with Crippen molar-refractivity contribution in [2.24, 2.45) is 5.41 Å². The zero-order chi connectivity index (χ0) is 12.0. The average Bonchev–Trinajstić information content (AvgIpc) is 2.41. The summed E-state index contributed by atoms with van der Waals surface area (Å²) in [6.07, 6.45) is 6.38. The van der Waals surface area contributed by atoms with Crippen LogP contribution in [0.2, 0.25) is 0 Å². The van der Waals surface area contributed by atoms with Gasteiger partial charge in [0.15, 0.2) is 0 Å². The fraction of sp³-hybridized carbons (Fsp3) is 1.00. The summed E-state index contributed by atoms with van der Waals surface area (Å²) < 4.78 is 0. The molecule has 1 atom stereocenters. The number of aliphatic hydroxyl groups excluding tert-OH is 1. The van der Waals surface area contributed by atoms with Crippen molar-refractivity contribution in [3.63, 3.8) is 0 Å². The molecular formula is C13H25NOS2. The lowest BCUT2D eigenvalue weighted by Crippen LogP contribution is -2.41. The highest BCUT2D eigenvalue weighted by Crippen LogP contribution is 2.35. The lowest BCUT2D eigenvalue weighted by molar-refractivity contribution is 0.0817. The predicted octanol–water partition coefficient (Wildman–Crippen LogP) is 2.37. The van der Waals surface area contributed by atoms with Crippen molar-refractivity contribution in [1.29, 1.82) is 0 Å². The molecule has 0 spiro atoms. The fourth-order valence-corrected chi connectivity index (χ4v) is 5.49. The normalized spacial score (nSPS) is 29.1. The van der Waals surface area contributed by atoms with E-state index in [1.165, 1.54) is 49.4 Å². The van der Waals surface area contributed by atoms with E-state index in [-0.39, 0.29) is 5.41 Å². The fourth-order valence-electron chi connectivity index (χ4n) is 2.85. The van der Waals surface area contributed by atoms with E-state index in [0.29, 0.717) is 6.61 Å². The van der Waals surface area contributed by atoms with Crippen molar-refractivity contribution >= 4 is 23.5 Å². The van der Waals surface area contributed by atoms with Gasteiger partial charge >= 0.3 is 0 Å². The van der Waals surface area contributed by atoms with E-state index in [1.54, 1.807) is 0 Å². The van der Waals surface area contributed by atoms with Gasteiger partial charge in [-0.05, 0) is 12.8 Å². The molecule has 2 N–H and O–H groups in total. The largest absolute Gasteiger partial charge is 0.396 e. The van der Waals surface area contributed by atoms with E-state index in [4.69, 9.17) is 0 Å². The number of hydrogen-bond donors (Lipinski definition) is 2. The maximum Gasteiger partial charge on any atom is 0.0499 e. The molecule has 1 saturated heterocycles. The molecule has 0 amide bonds. The van der Waals surface area contributed by atoms with E-state index in [0.717, 1.165) is 18.3 Å². The van der Waals surface area contributed by atoms with E-state index in [2.05, 4.69) is 28.8 Å². The molecule has 17 heavy (non-hydrogen) atoms. The van der Waals surface area contributed by atoms with Gasteiger partial charge in [0.1, 0.15) is 0 Å². The highest BCUT2D eigenvalue weighted by atomic mass is 32.2. The summed E-state index contributed by atoms with van der Waals surface area (Å²) in [5, 5.41) is 14.0. The van der Waals surface area contributed by atoms with Crippen molar-refractivity contribution < 1.29 is 5.11 Å². The highest BCUT2D eigenvalue weighted by Gasteiger charge is 2.31. The Morgan fingerprint density at radius 3 is 2.65 bits per heavy atom. The molecule has 0 aromatic carbocycles. The van der Waals surface area contributed by atoms with Gasteiger partial charge in [0.25, 0.3) is 0 Å². The second-order valence-electron chi connectivity index (χ2n) is 5.42. The minimum atomic E-state index is 0.199. The SMILES string of the molecule is OCC1(CNCC2CSCCS2)CCCCC1. The van der Waals surface area contributed by atoms with Crippen molar-refractivity contribution in [2.75, 3.05) is 37.0 Å². The highest BCUT2D eigenvalue weighted by molar-refractivity contribution is 8.06. The molecule has 0 bridgehead atoms. The van der Waals surface area contributed by atoms with Crippen molar-refractivity contribution in [1.82, 2.24) is 5.32 Å². The number of aliphatic hydroxyl groups is 1. The summed E-state index contributed by atoms with van der Waals surface area (Å²) in [7, 11) is 0. The molecular weight excluding hydrogens is 250 g/mol. The molecule has 1 saturated carbocycles. The first-order valence-electron chi connectivity index (χ1n) is 6.86. The Balaban J connectivity index is 1.68. The minimum absolute atomic E-state index is 0.199. The van der Waals surface area contributed by atoms with Crippen molar-refractivity contribution in [2.45, 2.75) is 37.4 Å². The molecule has 1 aliphatic heterocycles. The second kappa shape index (κ2) is 7.27. The molecule has 2 aliphatic rings. The molecule has 2 rings (SSSR count). The van der Waals surface area contributed by atoms with Crippen LogP contribution in [0, 0.1) is 5.41 Å². The van der Waals surface area contributed by atoms with Crippen LogP contribution in [-0.2, 0) is 0 Å². The minimum Gasteiger partial charge on any atom is -0.396 e. The monoisotopic (exact) mass is 275 g/mol. The van der Waals surface area contributed by atoms with Crippen LogP contribution >= 0.6 is 23.5 Å². The van der Waals surface area contributed by atoms with Gasteiger partial charge in [-0.15, -0.1) is 0 Å². The quantitative estimate of drug-likeness (QED) is 0.807. The lowest BCUT2D eigenvalue weighted by Gasteiger charge is -2.36. The molecule has 1 unspecified atom stereocenters. The maximum absolute atomic E-state index is 9.63. The molecule has 0 radical (unpaired) electrons. The van der Waals surface area contributed by atoms with E-state index >= 15 is 0 Å². The van der Waals surface area contributed by atoms with Crippen LogP contribution in [0.3, 0.4) is 0 Å². The Morgan fingerprint density at radius 1 is 1.18 bits per heavy atom. The third-order valence-electron chi connectivity index (χ3n) is 4.01. The van der Waals surface area contributed by atoms with Gasteiger partial charge in [0.2, 0.25) is 0 Å². The zero-order valence-electron chi connectivity index (χ0n) is 10.6. The summed E-state index contributed by atoms with van der Waals surface area (Å²) in [5.74, 6) is 3.92. The molecule has 1 heterocycles. The molecule has 1 aliphatic carbocycles. The maximum atomic E-state index is 9.63. The average molecular weight is 275 g/mol. The Morgan fingerprint density at radius 2 is 2.00 bits per heavy atom. The standard InChI is InChI=1S/C13H25NOS2/c15-11-13(4-2-1-3-5-13)10-14-8-12-9-16-6-7-17-12/h12,14-15H,1-11H2. The van der Waals surface area contributed by atoms with Gasteiger partial charge in [0, 0.05) is 47.6 Å². The summed E-state index contributed by atoms with van der Waals surface area (Å²) >= 11 is 4.19. The van der Waals surface area contributed by atoms with E-state index in [9.17, 15) is 5.11 Å². The van der Waals surface area contributed by atoms with Gasteiger partial charge in [-0.3, -0.25) is 0 Å². The van der Waals surface area contributed by atoms with Crippen LogP contribution < -0.4 is 5.32 Å². The first kappa shape index (κ1) is 14.0. The first-order chi connectivity index (χ1) is 8.35. The number of hydrogen-bond acceptors (Lipinski definition) is 4. The van der Waals surface area contributed by atoms with Crippen LogP contribution in [0.5, 0.6) is 0 Å². The Bertz CT molecular complexity index is 213. The van der Waals surface area contributed by atoms with Gasteiger partial charge in [-0.2, -0.15) is 23.5 Å². The Kier molecular flexibility index (Phi) is 6.00. The summed E-state index contributed by atoms with van der Waals surface area (Å²) in [5.41, 5.74) is 0.199. The van der Waals surface area contributed by atoms with Gasteiger partial charge in [-0.1, -0.05) is 19.3 Å². The van der Waals surface area contributed by atoms with Gasteiger partial charge < -0.3 is 10.4 Å². The first-order valence-corrected chi connectivity index (χ1v) is 9.06. The Hall–Kier alpha value is 0.620. The number of thioether (sulfide) groups is 2. The number of nitrogens with one attached hydrogen (secondary N) is 1. The molecule has 0 aromatic rings. The molecule has 2 nitrogen and oxygen atoms in total. The van der Waals surface area contributed by atoms with Crippen LogP contribution in [0.25, 0.3) is 0 Å².